The van der Waals surface area contributed by atoms with Gasteiger partial charge in [-0.25, -0.2) is 9.97 Å². The average Bonchev–Trinajstić information content (AvgIpc) is 3.48. The molecule has 2 aliphatic rings. The van der Waals surface area contributed by atoms with Crippen LogP contribution >= 0.6 is 0 Å². The van der Waals surface area contributed by atoms with Crippen LogP contribution in [0.15, 0.2) is 43.0 Å². The maximum Gasteiger partial charge on any atom is 0.228 e. The summed E-state index contributed by atoms with van der Waals surface area (Å²) in [6, 6.07) is 9.01. The molecule has 0 spiro atoms. The minimum absolute atomic E-state index is 0.0910. The van der Waals surface area contributed by atoms with E-state index in [2.05, 4.69) is 38.4 Å². The first-order valence-corrected chi connectivity index (χ1v) is 10.1. The molecule has 6 nitrogen and oxygen atoms in total. The third-order valence-corrected chi connectivity index (χ3v) is 6.05. The molecule has 2 aromatic heterocycles. The van der Waals surface area contributed by atoms with E-state index in [0.717, 1.165) is 54.0 Å². The fourth-order valence-electron chi connectivity index (χ4n) is 4.20. The second-order valence-corrected chi connectivity index (χ2v) is 8.05. The van der Waals surface area contributed by atoms with Crippen LogP contribution in [0.2, 0.25) is 0 Å². The average molecular weight is 375 g/mol. The molecule has 1 saturated carbocycles. The van der Waals surface area contributed by atoms with Crippen molar-refractivity contribution in [2.24, 2.45) is 13.0 Å². The fraction of sp³-hybridized carbons (Fsp3) is 0.409. The molecule has 0 unspecified atom stereocenters. The first-order chi connectivity index (χ1) is 13.7. The topological polar surface area (TPSA) is 63.1 Å². The number of hydrogen-bond acceptors (Lipinski definition) is 4. The summed E-state index contributed by atoms with van der Waals surface area (Å²) in [6.45, 7) is 2.09. The zero-order valence-electron chi connectivity index (χ0n) is 16.1. The van der Waals surface area contributed by atoms with E-state index in [4.69, 9.17) is 0 Å². The van der Waals surface area contributed by atoms with E-state index >= 15 is 0 Å². The molecule has 1 amide bonds. The Hall–Kier alpha value is -2.73. The maximum atomic E-state index is 12.7. The minimum Gasteiger partial charge on any atom is -0.334 e. The Balaban J connectivity index is 1.31. The predicted octanol–water partition coefficient (Wildman–Crippen LogP) is 3.45. The number of aromatic nitrogens is 3. The van der Waals surface area contributed by atoms with Gasteiger partial charge in [-0.3, -0.25) is 4.79 Å². The van der Waals surface area contributed by atoms with Gasteiger partial charge in [-0.2, -0.15) is 0 Å². The Morgan fingerprint density at radius 2 is 1.89 bits per heavy atom. The lowest BCUT2D eigenvalue weighted by Gasteiger charge is -2.31. The minimum atomic E-state index is 0.0910. The van der Waals surface area contributed by atoms with Gasteiger partial charge in [-0.15, -0.1) is 0 Å². The number of anilines is 1. The molecule has 144 valence electrons. The molecule has 1 N–H and O–H groups in total. The smallest absolute Gasteiger partial charge is 0.228 e. The largest absolute Gasteiger partial charge is 0.334 e. The van der Waals surface area contributed by atoms with Crippen molar-refractivity contribution in [2.45, 2.75) is 31.7 Å². The molecule has 0 atom stereocenters. The molecule has 0 radical (unpaired) electrons. The second-order valence-electron chi connectivity index (χ2n) is 8.05. The summed E-state index contributed by atoms with van der Waals surface area (Å²) in [5.41, 5.74) is 2.16. The van der Waals surface area contributed by atoms with Crippen LogP contribution in [0.3, 0.4) is 0 Å². The first-order valence-electron chi connectivity index (χ1n) is 10.1. The maximum absolute atomic E-state index is 12.7. The number of benzene rings is 1. The summed E-state index contributed by atoms with van der Waals surface area (Å²) in [6.07, 6.45) is 10.0. The zero-order valence-corrected chi connectivity index (χ0v) is 16.1. The van der Waals surface area contributed by atoms with Gasteiger partial charge in [0.1, 0.15) is 5.82 Å². The Morgan fingerprint density at radius 1 is 1.07 bits per heavy atom. The third-order valence-electron chi connectivity index (χ3n) is 6.05. The summed E-state index contributed by atoms with van der Waals surface area (Å²) in [4.78, 5) is 23.9. The summed E-state index contributed by atoms with van der Waals surface area (Å²) in [7, 11) is 1.99. The number of nitrogens with one attached hydrogen (secondary N) is 1. The SMILES string of the molecule is Cn1cncc1-c1ccc2cnc(NC(=O)C3CCN(C4CC4)CC3)cc2c1. The fourth-order valence-corrected chi connectivity index (χ4v) is 4.20. The van der Waals surface area contributed by atoms with E-state index in [1.165, 1.54) is 12.8 Å². The van der Waals surface area contributed by atoms with E-state index in [9.17, 15) is 4.79 Å². The van der Waals surface area contributed by atoms with Crippen LogP contribution in [-0.2, 0) is 11.8 Å². The van der Waals surface area contributed by atoms with Gasteiger partial charge in [-0.05, 0) is 56.3 Å². The van der Waals surface area contributed by atoms with Gasteiger partial charge in [0.2, 0.25) is 5.91 Å². The molecule has 3 heterocycles. The number of imidazole rings is 1. The van der Waals surface area contributed by atoms with Crippen LogP contribution in [0.25, 0.3) is 22.0 Å². The molecule has 3 aromatic rings. The van der Waals surface area contributed by atoms with Crippen LogP contribution in [-0.4, -0.2) is 44.5 Å². The summed E-state index contributed by atoms with van der Waals surface area (Å²) < 4.78 is 2.00. The van der Waals surface area contributed by atoms with E-state index in [1.54, 1.807) is 6.33 Å². The summed E-state index contributed by atoms with van der Waals surface area (Å²) >= 11 is 0. The zero-order chi connectivity index (χ0) is 19.1. The standard InChI is InChI=1S/C22H25N5O/c1-26-14-23-13-20(26)16-2-3-17-12-24-21(11-18(17)10-16)25-22(28)15-6-8-27(9-7-15)19-4-5-19/h2-3,10-15,19H,4-9H2,1H3,(H,24,25,28). The number of nitrogens with zero attached hydrogens (tertiary/aromatic N) is 4. The van der Waals surface area contributed by atoms with Crippen LogP contribution in [0, 0.1) is 5.92 Å². The molecule has 2 fully saturated rings. The van der Waals surface area contributed by atoms with Crippen molar-refractivity contribution in [3.63, 3.8) is 0 Å². The van der Waals surface area contributed by atoms with Crippen molar-refractivity contribution in [3.8, 4) is 11.3 Å². The number of likely N-dealkylation sites (tertiary alicyclic amines) is 1. The number of carbonyl (C=O) groups is 1. The van der Waals surface area contributed by atoms with Crippen molar-refractivity contribution in [3.05, 3.63) is 43.0 Å². The van der Waals surface area contributed by atoms with Crippen LogP contribution in [0.4, 0.5) is 5.82 Å². The molecule has 1 aliphatic carbocycles. The summed E-state index contributed by atoms with van der Waals surface area (Å²) in [5, 5.41) is 5.16. The number of hydrogen-bond donors (Lipinski definition) is 1. The Morgan fingerprint density at radius 3 is 2.61 bits per heavy atom. The predicted molar refractivity (Wildman–Crippen MR) is 110 cm³/mol. The molecule has 5 rings (SSSR count). The van der Waals surface area contributed by atoms with Crippen molar-refractivity contribution >= 4 is 22.5 Å². The van der Waals surface area contributed by atoms with Crippen molar-refractivity contribution < 1.29 is 4.79 Å². The van der Waals surface area contributed by atoms with Crippen LogP contribution in [0.5, 0.6) is 0 Å². The lowest BCUT2D eigenvalue weighted by Crippen LogP contribution is -2.39. The molecule has 0 bridgehead atoms. The van der Waals surface area contributed by atoms with Crippen molar-refractivity contribution in [1.82, 2.24) is 19.4 Å². The van der Waals surface area contributed by atoms with Crippen LogP contribution < -0.4 is 5.32 Å². The number of carbonyl (C=O) groups excluding carboxylic acids is 1. The Kier molecular flexibility index (Phi) is 4.36. The quantitative estimate of drug-likeness (QED) is 0.759. The molecule has 6 heteroatoms. The Bertz CT molecular complexity index is 1010. The van der Waals surface area contributed by atoms with E-state index in [0.29, 0.717) is 5.82 Å². The van der Waals surface area contributed by atoms with Crippen LogP contribution in [0.1, 0.15) is 25.7 Å². The number of rotatable bonds is 4. The lowest BCUT2D eigenvalue weighted by molar-refractivity contribution is -0.121. The van der Waals surface area contributed by atoms with Gasteiger partial charge in [0.05, 0.1) is 18.2 Å². The molecule has 28 heavy (non-hydrogen) atoms. The van der Waals surface area contributed by atoms with E-state index in [-0.39, 0.29) is 11.8 Å². The molecular weight excluding hydrogens is 350 g/mol. The first kappa shape index (κ1) is 17.4. The number of fused-ring (bicyclic) bond motifs is 1. The number of piperidine rings is 1. The molecule has 1 saturated heterocycles. The van der Waals surface area contributed by atoms with Gasteiger partial charge < -0.3 is 14.8 Å². The highest BCUT2D eigenvalue weighted by atomic mass is 16.1. The highest BCUT2D eigenvalue weighted by Gasteiger charge is 2.33. The van der Waals surface area contributed by atoms with Gasteiger partial charge in [0.15, 0.2) is 0 Å². The van der Waals surface area contributed by atoms with E-state index in [1.807, 2.05) is 30.1 Å². The molecule has 1 aliphatic heterocycles. The van der Waals surface area contributed by atoms with Crippen molar-refractivity contribution in [1.29, 1.82) is 0 Å². The summed E-state index contributed by atoms with van der Waals surface area (Å²) in [5.74, 6) is 0.822. The van der Waals surface area contributed by atoms with Gasteiger partial charge in [0, 0.05) is 36.2 Å². The number of amides is 1. The van der Waals surface area contributed by atoms with Gasteiger partial charge >= 0.3 is 0 Å². The highest BCUT2D eigenvalue weighted by Crippen LogP contribution is 2.31. The lowest BCUT2D eigenvalue weighted by atomic mass is 9.96. The van der Waals surface area contributed by atoms with Gasteiger partial charge in [-0.1, -0.05) is 12.1 Å². The monoisotopic (exact) mass is 375 g/mol. The normalized spacial score (nSPS) is 18.5. The van der Waals surface area contributed by atoms with E-state index < -0.39 is 0 Å². The molecular formula is C22H25N5O. The van der Waals surface area contributed by atoms with Gasteiger partial charge in [0.25, 0.3) is 0 Å². The third kappa shape index (κ3) is 3.40. The number of aryl methyl sites for hydroxylation is 1. The Labute approximate surface area is 164 Å². The molecule has 1 aromatic carbocycles. The second kappa shape index (κ2) is 7.02. The highest BCUT2D eigenvalue weighted by molar-refractivity contribution is 5.95. The van der Waals surface area contributed by atoms with Crippen molar-refractivity contribution in [2.75, 3.05) is 18.4 Å². The number of pyridine rings is 1.